The predicted molar refractivity (Wildman–Crippen MR) is 96.5 cm³/mol. The first kappa shape index (κ1) is 18.7. The van der Waals surface area contributed by atoms with Crippen molar-refractivity contribution in [2.24, 2.45) is 5.41 Å². The Morgan fingerprint density at radius 3 is 2.60 bits per heavy atom. The first-order valence-electron chi connectivity index (χ1n) is 8.31. The third-order valence-corrected chi connectivity index (χ3v) is 3.65. The van der Waals surface area contributed by atoms with E-state index in [2.05, 4.69) is 36.1 Å². The van der Waals surface area contributed by atoms with E-state index in [0.29, 0.717) is 24.7 Å². The number of anilines is 1. The third-order valence-electron chi connectivity index (χ3n) is 3.65. The van der Waals surface area contributed by atoms with Crippen LogP contribution in [0.2, 0.25) is 0 Å². The van der Waals surface area contributed by atoms with Gasteiger partial charge in [-0.05, 0) is 23.8 Å². The minimum atomic E-state index is -0.901. The standard InChI is InChI=1S/C19H25N3O3/c1-19(2,3)10-9-15(18(23)24)21-16-11-20-12-17(22-16)25-13-14-7-5-4-6-8-14/h4-8,11-12,15H,9-10,13H2,1-3H3,(H,21,22)(H,23,24)/t15-/m0/s1. The Kier molecular flexibility index (Phi) is 6.33. The minimum absolute atomic E-state index is 0.0711. The number of carboxylic acids is 1. The number of nitrogens with one attached hydrogen (secondary N) is 1. The smallest absolute Gasteiger partial charge is 0.326 e. The maximum absolute atomic E-state index is 11.5. The summed E-state index contributed by atoms with van der Waals surface area (Å²) < 4.78 is 5.63. The molecule has 6 heteroatoms. The van der Waals surface area contributed by atoms with Gasteiger partial charge in [0, 0.05) is 0 Å². The van der Waals surface area contributed by atoms with Gasteiger partial charge in [0.05, 0.1) is 12.4 Å². The molecule has 25 heavy (non-hydrogen) atoms. The Morgan fingerprint density at radius 2 is 1.96 bits per heavy atom. The van der Waals surface area contributed by atoms with Gasteiger partial charge >= 0.3 is 5.97 Å². The first-order valence-corrected chi connectivity index (χ1v) is 8.31. The number of carbonyl (C=O) groups is 1. The number of nitrogens with zero attached hydrogens (tertiary/aromatic N) is 2. The van der Waals surface area contributed by atoms with Crippen LogP contribution in [0, 0.1) is 5.41 Å². The van der Waals surface area contributed by atoms with Crippen molar-refractivity contribution < 1.29 is 14.6 Å². The van der Waals surface area contributed by atoms with Crippen LogP contribution in [-0.2, 0) is 11.4 Å². The van der Waals surface area contributed by atoms with E-state index in [4.69, 9.17) is 4.74 Å². The molecule has 6 nitrogen and oxygen atoms in total. The van der Waals surface area contributed by atoms with Gasteiger partial charge in [0.2, 0.25) is 5.88 Å². The molecule has 0 bridgehead atoms. The highest BCUT2D eigenvalue weighted by Gasteiger charge is 2.21. The summed E-state index contributed by atoms with van der Waals surface area (Å²) in [6, 6.07) is 9.03. The fourth-order valence-corrected chi connectivity index (χ4v) is 2.23. The van der Waals surface area contributed by atoms with Crippen LogP contribution in [0.3, 0.4) is 0 Å². The third kappa shape index (κ3) is 6.79. The Balaban J connectivity index is 1.97. The summed E-state index contributed by atoms with van der Waals surface area (Å²) in [5.41, 5.74) is 1.10. The van der Waals surface area contributed by atoms with E-state index < -0.39 is 12.0 Å². The molecule has 2 aromatic rings. The zero-order chi connectivity index (χ0) is 18.3. The van der Waals surface area contributed by atoms with Crippen molar-refractivity contribution in [3.63, 3.8) is 0 Å². The molecule has 0 saturated carbocycles. The molecule has 0 aliphatic carbocycles. The largest absolute Gasteiger partial charge is 0.480 e. The Labute approximate surface area is 148 Å². The van der Waals surface area contributed by atoms with Gasteiger partial charge in [0.15, 0.2) is 0 Å². The highest BCUT2D eigenvalue weighted by molar-refractivity contribution is 5.76. The summed E-state index contributed by atoms with van der Waals surface area (Å²) in [5.74, 6) is -0.151. The molecule has 1 aromatic heterocycles. The van der Waals surface area contributed by atoms with Crippen LogP contribution in [0.15, 0.2) is 42.7 Å². The van der Waals surface area contributed by atoms with Gasteiger partial charge in [-0.25, -0.2) is 4.79 Å². The monoisotopic (exact) mass is 343 g/mol. The molecule has 0 fully saturated rings. The summed E-state index contributed by atoms with van der Waals surface area (Å²) in [6.45, 7) is 6.64. The average molecular weight is 343 g/mol. The van der Waals surface area contributed by atoms with Crippen molar-refractivity contribution >= 4 is 11.8 Å². The molecule has 134 valence electrons. The molecule has 1 aromatic carbocycles. The first-order chi connectivity index (χ1) is 11.8. The van der Waals surface area contributed by atoms with Crippen LogP contribution in [0.25, 0.3) is 0 Å². The molecule has 0 aliphatic rings. The van der Waals surface area contributed by atoms with Gasteiger partial charge < -0.3 is 15.2 Å². The second kappa shape index (κ2) is 8.46. The lowest BCUT2D eigenvalue weighted by Gasteiger charge is -2.21. The lowest BCUT2D eigenvalue weighted by molar-refractivity contribution is -0.138. The number of carboxylic acid groups (broad SMARTS) is 1. The molecule has 0 spiro atoms. The van der Waals surface area contributed by atoms with Gasteiger partial charge in [-0.3, -0.25) is 4.98 Å². The van der Waals surface area contributed by atoms with Gasteiger partial charge in [-0.1, -0.05) is 51.1 Å². The van der Waals surface area contributed by atoms with E-state index in [9.17, 15) is 9.90 Å². The minimum Gasteiger partial charge on any atom is -0.480 e. The van der Waals surface area contributed by atoms with Crippen molar-refractivity contribution in [2.75, 3.05) is 5.32 Å². The molecule has 0 radical (unpaired) electrons. The molecule has 2 N–H and O–H groups in total. The SMILES string of the molecule is CC(C)(C)CC[C@H](Nc1cncc(OCc2ccccc2)n1)C(=O)O. The highest BCUT2D eigenvalue weighted by Crippen LogP contribution is 2.23. The number of rotatable bonds is 8. The van der Waals surface area contributed by atoms with Crippen LogP contribution < -0.4 is 10.1 Å². The summed E-state index contributed by atoms with van der Waals surface area (Å²) in [4.78, 5) is 19.8. The molecule has 0 aliphatic heterocycles. The summed E-state index contributed by atoms with van der Waals surface area (Å²) in [5, 5.41) is 12.3. The number of hydrogen-bond acceptors (Lipinski definition) is 5. The fourth-order valence-electron chi connectivity index (χ4n) is 2.23. The lowest BCUT2D eigenvalue weighted by Crippen LogP contribution is -2.31. The number of aromatic nitrogens is 2. The maximum atomic E-state index is 11.5. The average Bonchev–Trinajstić information content (AvgIpc) is 2.57. The van der Waals surface area contributed by atoms with Gasteiger partial charge in [0.25, 0.3) is 0 Å². The molecule has 0 saturated heterocycles. The molecular formula is C19H25N3O3. The van der Waals surface area contributed by atoms with Crippen LogP contribution in [0.4, 0.5) is 5.82 Å². The molecule has 1 heterocycles. The predicted octanol–water partition coefficient (Wildman–Crippen LogP) is 3.75. The van der Waals surface area contributed by atoms with Crippen LogP contribution in [-0.4, -0.2) is 27.1 Å². The number of aliphatic carboxylic acids is 1. The van der Waals surface area contributed by atoms with Gasteiger partial charge in [-0.15, -0.1) is 0 Å². The van der Waals surface area contributed by atoms with E-state index in [0.717, 1.165) is 12.0 Å². The summed E-state index contributed by atoms with van der Waals surface area (Å²) >= 11 is 0. The second-order valence-electron chi connectivity index (χ2n) is 7.15. The molecule has 1 atom stereocenters. The summed E-state index contributed by atoms with van der Waals surface area (Å²) in [6.07, 6.45) is 4.31. The number of benzene rings is 1. The van der Waals surface area contributed by atoms with E-state index in [1.165, 1.54) is 12.4 Å². The van der Waals surface area contributed by atoms with Crippen molar-refractivity contribution in [3.8, 4) is 5.88 Å². The zero-order valence-corrected chi connectivity index (χ0v) is 14.9. The van der Waals surface area contributed by atoms with Crippen molar-refractivity contribution in [1.82, 2.24) is 9.97 Å². The van der Waals surface area contributed by atoms with E-state index >= 15 is 0 Å². The second-order valence-corrected chi connectivity index (χ2v) is 7.15. The van der Waals surface area contributed by atoms with Crippen LogP contribution in [0.5, 0.6) is 5.88 Å². The lowest BCUT2D eigenvalue weighted by atomic mass is 9.88. The van der Waals surface area contributed by atoms with E-state index in [1.807, 2.05) is 30.3 Å². The van der Waals surface area contributed by atoms with E-state index in [-0.39, 0.29) is 5.41 Å². The number of ether oxygens (including phenoxy) is 1. The normalized spacial score (nSPS) is 12.4. The maximum Gasteiger partial charge on any atom is 0.326 e. The van der Waals surface area contributed by atoms with Gasteiger partial charge in [0.1, 0.15) is 18.5 Å². The van der Waals surface area contributed by atoms with Crippen molar-refractivity contribution in [2.45, 2.75) is 46.3 Å². The van der Waals surface area contributed by atoms with E-state index in [1.54, 1.807) is 0 Å². The molecule has 2 rings (SSSR count). The van der Waals surface area contributed by atoms with Crippen molar-refractivity contribution in [1.29, 1.82) is 0 Å². The van der Waals surface area contributed by atoms with Crippen LogP contribution >= 0.6 is 0 Å². The zero-order valence-electron chi connectivity index (χ0n) is 14.9. The molecule has 0 amide bonds. The number of hydrogen-bond donors (Lipinski definition) is 2. The highest BCUT2D eigenvalue weighted by atomic mass is 16.5. The fraction of sp³-hybridized carbons (Fsp3) is 0.421. The molecule has 0 unspecified atom stereocenters. The summed E-state index contributed by atoms with van der Waals surface area (Å²) in [7, 11) is 0. The molecular weight excluding hydrogens is 318 g/mol. The topological polar surface area (TPSA) is 84.3 Å². The Hall–Kier alpha value is -2.63. The quantitative estimate of drug-likeness (QED) is 0.759. The van der Waals surface area contributed by atoms with Crippen LogP contribution in [0.1, 0.15) is 39.2 Å². The van der Waals surface area contributed by atoms with Gasteiger partial charge in [-0.2, -0.15) is 4.98 Å². The Morgan fingerprint density at radius 1 is 1.24 bits per heavy atom. The Bertz CT molecular complexity index is 684. The van der Waals surface area contributed by atoms with Crippen molar-refractivity contribution in [3.05, 3.63) is 48.3 Å².